The summed E-state index contributed by atoms with van der Waals surface area (Å²) in [6, 6.07) is 4.91. The molecule has 8 heteroatoms. The molecule has 0 amide bonds. The van der Waals surface area contributed by atoms with Crippen LogP contribution in [-0.2, 0) is 9.53 Å². The predicted octanol–water partition coefficient (Wildman–Crippen LogP) is 2.33. The lowest BCUT2D eigenvalue weighted by atomic mass is 10.1. The zero-order valence-electron chi connectivity index (χ0n) is 15.4. The van der Waals surface area contributed by atoms with E-state index in [1.54, 1.807) is 19.1 Å². The number of aryl methyl sites for hydroxylation is 1. The van der Waals surface area contributed by atoms with Crippen molar-refractivity contribution in [2.24, 2.45) is 0 Å². The maximum Gasteiger partial charge on any atom is 0.293 e. The van der Waals surface area contributed by atoms with Gasteiger partial charge in [-0.05, 0) is 32.9 Å². The Kier molecular flexibility index (Phi) is 7.68. The summed E-state index contributed by atoms with van der Waals surface area (Å²) in [7, 11) is 0. The van der Waals surface area contributed by atoms with E-state index in [-0.39, 0.29) is 17.7 Å². The number of ether oxygens (including phenoxy) is 1. The highest BCUT2D eigenvalue weighted by Crippen LogP contribution is 2.26. The van der Waals surface area contributed by atoms with E-state index in [0.717, 1.165) is 31.7 Å². The highest BCUT2D eigenvalue weighted by Gasteiger charge is 2.23. The van der Waals surface area contributed by atoms with E-state index < -0.39 is 0 Å². The number of carbonyl (C=O) groups excluding carboxylic acids is 1. The number of carbonyl (C=O) groups is 1. The fourth-order valence-corrected chi connectivity index (χ4v) is 2.61. The highest BCUT2D eigenvalue weighted by atomic mass is 19.1. The van der Waals surface area contributed by atoms with Gasteiger partial charge in [0.25, 0.3) is 12.4 Å². The average molecular weight is 364 g/mol. The van der Waals surface area contributed by atoms with E-state index in [2.05, 4.69) is 25.2 Å². The van der Waals surface area contributed by atoms with Crippen molar-refractivity contribution in [2.75, 3.05) is 32.8 Å². The minimum absolute atomic E-state index is 0.0428. The molecule has 7 nitrogen and oxygen atoms in total. The second-order valence-corrected chi connectivity index (χ2v) is 5.94. The summed E-state index contributed by atoms with van der Waals surface area (Å²) in [6.45, 7) is 10.4. The largest absolute Gasteiger partial charge is 0.468 e. The maximum absolute atomic E-state index is 13.9. The molecule has 142 valence electrons. The highest BCUT2D eigenvalue weighted by molar-refractivity contribution is 5.54. The molecule has 1 aromatic carbocycles. The van der Waals surface area contributed by atoms with Gasteiger partial charge in [0.05, 0.1) is 18.2 Å². The number of hydrogen-bond acceptors (Lipinski definition) is 7. The van der Waals surface area contributed by atoms with E-state index in [1.165, 1.54) is 6.07 Å². The number of rotatable bonds is 5. The number of benzene rings is 1. The summed E-state index contributed by atoms with van der Waals surface area (Å²) >= 11 is 0. The Morgan fingerprint density at radius 3 is 2.73 bits per heavy atom. The van der Waals surface area contributed by atoms with Gasteiger partial charge in [-0.2, -0.15) is 0 Å². The van der Waals surface area contributed by atoms with Crippen LogP contribution in [0.15, 0.2) is 22.6 Å². The zero-order chi connectivity index (χ0) is 18.9. The smallest absolute Gasteiger partial charge is 0.293 e. The van der Waals surface area contributed by atoms with E-state index in [4.69, 9.17) is 4.42 Å². The lowest BCUT2D eigenvalue weighted by Gasteiger charge is -2.30. The summed E-state index contributed by atoms with van der Waals surface area (Å²) in [4.78, 5) is 11.5. The van der Waals surface area contributed by atoms with Crippen LogP contribution in [0.5, 0.6) is 0 Å². The van der Waals surface area contributed by atoms with Crippen LogP contribution in [0.25, 0.3) is 11.5 Å². The molecule has 2 aromatic rings. The van der Waals surface area contributed by atoms with E-state index in [9.17, 15) is 9.18 Å². The number of halogens is 1. The zero-order valence-corrected chi connectivity index (χ0v) is 15.4. The average Bonchev–Trinajstić information content (AvgIpc) is 3.15. The molecule has 1 aliphatic rings. The fraction of sp³-hybridized carbons (Fsp3) is 0.500. The molecule has 1 unspecified atom stereocenters. The quantitative estimate of drug-likeness (QED) is 0.816. The molecular formula is C18H25FN4O3. The third-order valence-electron chi connectivity index (χ3n) is 4.08. The van der Waals surface area contributed by atoms with E-state index in [1.807, 2.05) is 13.8 Å². The van der Waals surface area contributed by atoms with Gasteiger partial charge in [0.2, 0.25) is 5.89 Å². The molecule has 26 heavy (non-hydrogen) atoms. The molecular weight excluding hydrogens is 339 g/mol. The number of nitrogens with one attached hydrogen (secondary N) is 1. The summed E-state index contributed by atoms with van der Waals surface area (Å²) < 4.78 is 23.7. The van der Waals surface area contributed by atoms with Crippen LogP contribution < -0.4 is 5.32 Å². The molecule has 0 saturated carbocycles. The van der Waals surface area contributed by atoms with Crippen LogP contribution in [0.2, 0.25) is 0 Å². The molecule has 3 rings (SSSR count). The molecule has 1 N–H and O–H groups in total. The Balaban J connectivity index is 0.000000431. The normalized spacial score (nSPS) is 15.7. The monoisotopic (exact) mass is 364 g/mol. The van der Waals surface area contributed by atoms with Gasteiger partial charge >= 0.3 is 0 Å². The second-order valence-electron chi connectivity index (χ2n) is 5.94. The number of aromatic nitrogens is 2. The molecule has 0 bridgehead atoms. The Bertz CT molecular complexity index is 701. The topological polar surface area (TPSA) is 80.5 Å². The van der Waals surface area contributed by atoms with Gasteiger partial charge in [-0.1, -0.05) is 11.6 Å². The minimum Gasteiger partial charge on any atom is -0.468 e. The summed E-state index contributed by atoms with van der Waals surface area (Å²) in [6.07, 6.45) is 0. The lowest BCUT2D eigenvalue weighted by molar-refractivity contribution is -0.128. The van der Waals surface area contributed by atoms with Crippen LogP contribution in [0.1, 0.15) is 31.3 Å². The van der Waals surface area contributed by atoms with Crippen LogP contribution >= 0.6 is 0 Å². The molecule has 1 saturated heterocycles. The van der Waals surface area contributed by atoms with Crippen molar-refractivity contribution in [3.05, 3.63) is 35.5 Å². The van der Waals surface area contributed by atoms with Crippen LogP contribution in [0, 0.1) is 12.7 Å². The minimum atomic E-state index is -0.342. The Labute approximate surface area is 152 Å². The van der Waals surface area contributed by atoms with Crippen LogP contribution in [0.3, 0.4) is 0 Å². The molecule has 1 atom stereocenters. The first kappa shape index (κ1) is 20.0. The molecule has 0 aliphatic carbocycles. The number of nitrogens with zero attached hydrogens (tertiary/aromatic N) is 3. The third kappa shape index (κ3) is 5.34. The molecule has 1 fully saturated rings. The van der Waals surface area contributed by atoms with Gasteiger partial charge < -0.3 is 14.5 Å². The Morgan fingerprint density at radius 1 is 1.38 bits per heavy atom. The third-order valence-corrected chi connectivity index (χ3v) is 4.08. The van der Waals surface area contributed by atoms with Gasteiger partial charge in [0, 0.05) is 26.2 Å². The first-order chi connectivity index (χ1) is 12.6. The predicted molar refractivity (Wildman–Crippen MR) is 95.0 cm³/mol. The summed E-state index contributed by atoms with van der Waals surface area (Å²) in [5.74, 6) is 0.437. The standard InChI is InChI=1S/C15H19FN4O.C3H6O2/c1-10-3-4-13(16)12(9-10)15-19-18-14(21-15)11(2)20-7-5-17-6-8-20;1-2-5-3-4/h3-4,9,11,17H,5-8H2,1-2H3;3H,2H2,1H3. The van der Waals surface area contributed by atoms with Crippen molar-refractivity contribution in [1.82, 2.24) is 20.4 Å². The Morgan fingerprint density at radius 2 is 2.12 bits per heavy atom. The van der Waals surface area contributed by atoms with Crippen LogP contribution in [0.4, 0.5) is 4.39 Å². The van der Waals surface area contributed by atoms with Crippen molar-refractivity contribution in [2.45, 2.75) is 26.8 Å². The van der Waals surface area contributed by atoms with E-state index >= 15 is 0 Å². The van der Waals surface area contributed by atoms with Gasteiger partial charge in [-0.15, -0.1) is 10.2 Å². The molecule has 1 aromatic heterocycles. The van der Waals surface area contributed by atoms with Crippen molar-refractivity contribution in [3.63, 3.8) is 0 Å². The Hall–Kier alpha value is -2.32. The molecule has 1 aliphatic heterocycles. The first-order valence-corrected chi connectivity index (χ1v) is 8.66. The van der Waals surface area contributed by atoms with Gasteiger partial charge in [-0.3, -0.25) is 9.69 Å². The SMILES string of the molecule is CCOC=O.Cc1ccc(F)c(-c2nnc(C(C)N3CCNCC3)o2)c1. The lowest BCUT2D eigenvalue weighted by Crippen LogP contribution is -2.44. The second kappa shape index (κ2) is 9.98. The van der Waals surface area contributed by atoms with Gasteiger partial charge in [-0.25, -0.2) is 4.39 Å². The summed E-state index contributed by atoms with van der Waals surface area (Å²) in [5.41, 5.74) is 1.32. The van der Waals surface area contributed by atoms with Crippen LogP contribution in [-0.4, -0.2) is 54.4 Å². The summed E-state index contributed by atoms with van der Waals surface area (Å²) in [5, 5.41) is 11.4. The number of hydrogen-bond donors (Lipinski definition) is 1. The maximum atomic E-state index is 13.9. The van der Waals surface area contributed by atoms with Gasteiger partial charge in [0.1, 0.15) is 5.82 Å². The number of piperazine rings is 1. The fourth-order valence-electron chi connectivity index (χ4n) is 2.61. The molecule has 0 radical (unpaired) electrons. The molecule has 0 spiro atoms. The van der Waals surface area contributed by atoms with Crippen molar-refractivity contribution in [3.8, 4) is 11.5 Å². The molecule has 2 heterocycles. The van der Waals surface area contributed by atoms with Crippen molar-refractivity contribution < 1.29 is 18.3 Å². The van der Waals surface area contributed by atoms with E-state index in [0.29, 0.717) is 24.5 Å². The first-order valence-electron chi connectivity index (χ1n) is 8.66. The van der Waals surface area contributed by atoms with Gasteiger partial charge in [0.15, 0.2) is 0 Å². The van der Waals surface area contributed by atoms with Crippen molar-refractivity contribution in [1.29, 1.82) is 0 Å². The van der Waals surface area contributed by atoms with Crippen molar-refractivity contribution >= 4 is 6.47 Å².